The summed E-state index contributed by atoms with van der Waals surface area (Å²) in [4.78, 5) is 11.4. The van der Waals surface area contributed by atoms with Gasteiger partial charge in [-0.25, -0.2) is 4.79 Å². The number of aromatic hydroxyl groups is 2. The number of carboxylic acids is 1. The number of phenols is 2. The lowest BCUT2D eigenvalue weighted by atomic mass is 9.93. The SMILES string of the molecule is O=C(O)[C@H]1O[C@@H](Oc2cc(OS(=O)(=O)O)cc3c2C[C@@H](O)[C@@H](c2ccc(O)c(O)c2)O3)[C@H](O)[C@@H](O)[C@@H]1O. The molecule has 0 bridgehead atoms. The molecule has 0 spiro atoms. The molecule has 1 fully saturated rings. The number of aliphatic hydroxyl groups is 4. The van der Waals surface area contributed by atoms with Crippen molar-refractivity contribution in [3.63, 3.8) is 0 Å². The Bertz CT molecular complexity index is 1300. The summed E-state index contributed by atoms with van der Waals surface area (Å²) in [6.45, 7) is 0. The van der Waals surface area contributed by atoms with Crippen LogP contribution in [0.2, 0.25) is 0 Å². The van der Waals surface area contributed by atoms with Crippen LogP contribution >= 0.6 is 0 Å². The molecule has 2 aliphatic heterocycles. The first-order valence-corrected chi connectivity index (χ1v) is 11.9. The van der Waals surface area contributed by atoms with Crippen LogP contribution in [-0.4, -0.2) is 91.5 Å². The van der Waals surface area contributed by atoms with E-state index in [1.165, 1.54) is 6.07 Å². The van der Waals surface area contributed by atoms with Gasteiger partial charge in [-0.15, -0.1) is 0 Å². The third-order valence-electron chi connectivity index (χ3n) is 5.74. The van der Waals surface area contributed by atoms with Crippen molar-refractivity contribution in [3.8, 4) is 28.7 Å². The predicted octanol–water partition coefficient (Wildman–Crippen LogP) is -1.41. The first-order chi connectivity index (χ1) is 17.2. The number of rotatable bonds is 6. The van der Waals surface area contributed by atoms with Crippen LogP contribution in [0.5, 0.6) is 28.7 Å². The maximum Gasteiger partial charge on any atom is 0.446 e. The van der Waals surface area contributed by atoms with E-state index in [0.717, 1.165) is 24.3 Å². The van der Waals surface area contributed by atoms with E-state index in [9.17, 15) is 49.0 Å². The van der Waals surface area contributed by atoms with Crippen molar-refractivity contribution in [1.29, 1.82) is 0 Å². The number of carbonyl (C=O) groups is 1. The molecule has 2 aromatic rings. The van der Waals surface area contributed by atoms with Crippen LogP contribution in [0.1, 0.15) is 17.2 Å². The number of carboxylic acid groups (broad SMARTS) is 1. The van der Waals surface area contributed by atoms with E-state index in [2.05, 4.69) is 4.18 Å². The van der Waals surface area contributed by atoms with E-state index in [4.69, 9.17) is 18.8 Å². The Labute approximate surface area is 208 Å². The molecule has 16 heteroatoms. The number of hydrogen-bond donors (Lipinski definition) is 8. The first-order valence-electron chi connectivity index (χ1n) is 10.5. The van der Waals surface area contributed by atoms with Gasteiger partial charge in [0.25, 0.3) is 0 Å². The molecule has 0 unspecified atom stereocenters. The van der Waals surface area contributed by atoms with Crippen molar-refractivity contribution < 1.29 is 71.9 Å². The smallest absolute Gasteiger partial charge is 0.446 e. The van der Waals surface area contributed by atoms with Gasteiger partial charge < -0.3 is 54.1 Å². The zero-order valence-corrected chi connectivity index (χ0v) is 19.3. The van der Waals surface area contributed by atoms with Crippen molar-refractivity contribution in [1.82, 2.24) is 0 Å². The van der Waals surface area contributed by atoms with Crippen molar-refractivity contribution >= 4 is 16.4 Å². The van der Waals surface area contributed by atoms with E-state index in [-0.39, 0.29) is 29.0 Å². The van der Waals surface area contributed by atoms with Crippen molar-refractivity contribution in [2.24, 2.45) is 0 Å². The number of hydrogen-bond acceptors (Lipinski definition) is 13. The monoisotopic (exact) mass is 546 g/mol. The number of phenolic OH excluding ortho intramolecular Hbond substituents is 2. The van der Waals surface area contributed by atoms with Crippen molar-refractivity contribution in [3.05, 3.63) is 41.5 Å². The summed E-state index contributed by atoms with van der Waals surface area (Å²) in [7, 11) is -5.04. The molecule has 0 aromatic heterocycles. The van der Waals surface area contributed by atoms with E-state index in [1.807, 2.05) is 0 Å². The third kappa shape index (κ3) is 5.49. The van der Waals surface area contributed by atoms with Gasteiger partial charge in [0.05, 0.1) is 6.10 Å². The molecule has 2 heterocycles. The fourth-order valence-electron chi connectivity index (χ4n) is 3.99. The van der Waals surface area contributed by atoms with Gasteiger partial charge in [-0.2, -0.15) is 8.42 Å². The summed E-state index contributed by atoms with van der Waals surface area (Å²) in [6, 6.07) is 5.59. The Morgan fingerprint density at radius 3 is 2.30 bits per heavy atom. The van der Waals surface area contributed by atoms with E-state index in [1.54, 1.807) is 0 Å². The van der Waals surface area contributed by atoms with Crippen LogP contribution in [0.3, 0.4) is 0 Å². The van der Waals surface area contributed by atoms with Crippen LogP contribution in [0, 0.1) is 0 Å². The molecule has 0 saturated carbocycles. The van der Waals surface area contributed by atoms with Gasteiger partial charge in [0, 0.05) is 24.1 Å². The Kier molecular flexibility index (Phi) is 7.08. The minimum atomic E-state index is -5.04. The molecular weight excluding hydrogens is 524 g/mol. The largest absolute Gasteiger partial charge is 0.504 e. The number of benzene rings is 2. The van der Waals surface area contributed by atoms with Gasteiger partial charge in [0.15, 0.2) is 23.4 Å². The number of fused-ring (bicyclic) bond motifs is 1. The number of ether oxygens (including phenoxy) is 3. The van der Waals surface area contributed by atoms with Crippen molar-refractivity contribution in [2.75, 3.05) is 0 Å². The molecule has 37 heavy (non-hydrogen) atoms. The Hall–Kier alpha value is -3.38. The van der Waals surface area contributed by atoms with Crippen LogP contribution in [0.15, 0.2) is 30.3 Å². The van der Waals surface area contributed by atoms with Gasteiger partial charge in [-0.1, -0.05) is 6.07 Å². The van der Waals surface area contributed by atoms with E-state index < -0.39 is 76.5 Å². The highest BCUT2D eigenvalue weighted by molar-refractivity contribution is 7.81. The minimum Gasteiger partial charge on any atom is -0.504 e. The lowest BCUT2D eigenvalue weighted by Crippen LogP contribution is -2.61. The van der Waals surface area contributed by atoms with Crippen molar-refractivity contribution in [2.45, 2.75) is 49.3 Å². The molecule has 0 amide bonds. The average molecular weight is 546 g/mol. The second-order valence-electron chi connectivity index (χ2n) is 8.32. The zero-order valence-electron chi connectivity index (χ0n) is 18.5. The second-order valence-corrected chi connectivity index (χ2v) is 9.34. The van der Waals surface area contributed by atoms with Crippen LogP contribution in [0.25, 0.3) is 0 Å². The number of aliphatic carboxylic acids is 1. The van der Waals surface area contributed by atoms with Crippen LogP contribution in [0.4, 0.5) is 0 Å². The normalized spacial score (nSPS) is 29.6. The second kappa shape index (κ2) is 9.82. The van der Waals surface area contributed by atoms with Crippen LogP contribution < -0.4 is 13.7 Å². The molecule has 4 rings (SSSR count). The maximum absolute atomic E-state index is 11.4. The van der Waals surface area contributed by atoms with E-state index in [0.29, 0.717) is 0 Å². The summed E-state index contributed by atoms with van der Waals surface area (Å²) in [6.07, 6.45) is -12.5. The summed E-state index contributed by atoms with van der Waals surface area (Å²) in [5.41, 5.74) is 0.294. The van der Waals surface area contributed by atoms with Gasteiger partial charge >= 0.3 is 16.4 Å². The quantitative estimate of drug-likeness (QED) is 0.153. The molecule has 8 N–H and O–H groups in total. The lowest BCUT2D eigenvalue weighted by molar-refractivity contribution is -0.271. The Morgan fingerprint density at radius 1 is 0.973 bits per heavy atom. The highest BCUT2D eigenvalue weighted by Gasteiger charge is 2.48. The molecule has 202 valence electrons. The summed E-state index contributed by atoms with van der Waals surface area (Å²) in [5.74, 6) is -3.63. The molecule has 15 nitrogen and oxygen atoms in total. The molecule has 1 saturated heterocycles. The average Bonchev–Trinajstić information content (AvgIpc) is 2.80. The molecule has 2 aliphatic rings. The highest BCUT2D eigenvalue weighted by Crippen LogP contribution is 2.44. The predicted molar refractivity (Wildman–Crippen MR) is 116 cm³/mol. The fraction of sp³-hybridized carbons (Fsp3) is 0.381. The molecule has 0 aliphatic carbocycles. The number of aliphatic hydroxyl groups excluding tert-OH is 4. The maximum atomic E-state index is 11.4. The Balaban J connectivity index is 1.72. The molecule has 2 aromatic carbocycles. The van der Waals surface area contributed by atoms with Gasteiger partial charge in [0.1, 0.15) is 35.9 Å². The van der Waals surface area contributed by atoms with Gasteiger partial charge in [-0.3, -0.25) is 4.55 Å². The fourth-order valence-corrected chi connectivity index (χ4v) is 4.33. The molecule has 0 radical (unpaired) electrons. The first kappa shape index (κ1) is 26.7. The van der Waals surface area contributed by atoms with Crippen LogP contribution in [-0.2, 0) is 26.4 Å². The summed E-state index contributed by atoms with van der Waals surface area (Å²) < 4.78 is 52.5. The topological polar surface area (TPSA) is 250 Å². The third-order valence-corrected chi connectivity index (χ3v) is 6.15. The van der Waals surface area contributed by atoms with Gasteiger partial charge in [-0.05, 0) is 17.7 Å². The summed E-state index contributed by atoms with van der Waals surface area (Å²) in [5, 5.41) is 69.5. The highest BCUT2D eigenvalue weighted by atomic mass is 32.3. The zero-order chi connectivity index (χ0) is 27.2. The Morgan fingerprint density at radius 2 is 1.68 bits per heavy atom. The molecule has 7 atom stereocenters. The lowest BCUT2D eigenvalue weighted by Gasteiger charge is -2.39. The standard InChI is InChI=1S/C21H22O15S/c22-10-2-1-7(3-11(10)23)18-12(24)6-9-13(33-18)4-8(36-37(30,31)32)5-14(9)34-21-17(27)15(25)16(26)19(35-21)20(28)29/h1-5,12,15-19,21-27H,6H2,(H,28,29)(H,30,31,32)/t12-,15+,16+,17-,18-,19+,21-/m1/s1. The minimum absolute atomic E-state index is 0.0673. The summed E-state index contributed by atoms with van der Waals surface area (Å²) >= 11 is 0. The molecular formula is C21H22O15S. The van der Waals surface area contributed by atoms with E-state index >= 15 is 0 Å². The van der Waals surface area contributed by atoms with Gasteiger partial charge in [0.2, 0.25) is 6.29 Å².